The molecule has 104 valence electrons. The van der Waals surface area contributed by atoms with Crippen LogP contribution in [-0.4, -0.2) is 27.5 Å². The van der Waals surface area contributed by atoms with Gasteiger partial charge in [-0.05, 0) is 13.0 Å². The summed E-state index contributed by atoms with van der Waals surface area (Å²) in [7, 11) is 0. The Morgan fingerprint density at radius 2 is 2.30 bits per heavy atom. The first kappa shape index (κ1) is 13.5. The van der Waals surface area contributed by atoms with Crippen molar-refractivity contribution < 1.29 is 14.2 Å². The van der Waals surface area contributed by atoms with Crippen molar-refractivity contribution in [2.24, 2.45) is 0 Å². The Hall–Kier alpha value is -2.97. The number of nitrogens with two attached hydrogens (primary N) is 1. The zero-order valence-corrected chi connectivity index (χ0v) is 10.5. The summed E-state index contributed by atoms with van der Waals surface area (Å²) < 4.78 is 4.91. The molecule has 20 heavy (non-hydrogen) atoms. The fraction of sp³-hybridized carbons (Fsp3) is 0.182. The van der Waals surface area contributed by atoms with Gasteiger partial charge in [0, 0.05) is 24.4 Å². The number of aromatic nitrogens is 2. The number of anilines is 1. The second kappa shape index (κ2) is 5.34. The van der Waals surface area contributed by atoms with Crippen LogP contribution in [0.15, 0.2) is 22.7 Å². The second-order valence-electron chi connectivity index (χ2n) is 3.81. The molecule has 0 unspecified atom stereocenters. The highest BCUT2D eigenvalue weighted by Crippen LogP contribution is 2.28. The van der Waals surface area contributed by atoms with Crippen molar-refractivity contribution in [3.63, 3.8) is 0 Å². The fourth-order valence-corrected chi connectivity index (χ4v) is 1.51. The van der Waals surface area contributed by atoms with E-state index in [1.807, 2.05) is 0 Å². The van der Waals surface area contributed by atoms with Gasteiger partial charge < -0.3 is 15.6 Å². The number of amides is 1. The number of benzene rings is 1. The summed E-state index contributed by atoms with van der Waals surface area (Å²) in [4.78, 5) is 25.5. The third-order valence-corrected chi connectivity index (χ3v) is 2.44. The number of rotatable bonds is 4. The van der Waals surface area contributed by atoms with E-state index in [1.165, 1.54) is 18.2 Å². The van der Waals surface area contributed by atoms with Crippen molar-refractivity contribution in [1.29, 1.82) is 0 Å². The molecule has 0 aliphatic heterocycles. The maximum atomic E-state index is 11.5. The molecule has 2 rings (SSSR count). The van der Waals surface area contributed by atoms with Crippen LogP contribution in [0.1, 0.15) is 17.5 Å². The van der Waals surface area contributed by atoms with E-state index in [4.69, 9.17) is 10.3 Å². The lowest BCUT2D eigenvalue weighted by Gasteiger charge is -1.99. The van der Waals surface area contributed by atoms with Crippen LogP contribution in [-0.2, 0) is 0 Å². The molecular formula is C11H11N5O4. The average molecular weight is 277 g/mol. The fourth-order valence-electron chi connectivity index (χ4n) is 1.51. The molecule has 0 bridgehead atoms. The highest BCUT2D eigenvalue weighted by Gasteiger charge is 2.19. The summed E-state index contributed by atoms with van der Waals surface area (Å²) in [5.41, 5.74) is 6.00. The van der Waals surface area contributed by atoms with Gasteiger partial charge in [-0.25, -0.2) is 0 Å². The number of hydrogen-bond donors (Lipinski definition) is 2. The van der Waals surface area contributed by atoms with Crippen molar-refractivity contribution in [2.45, 2.75) is 6.92 Å². The number of nitro benzene ring substituents is 1. The number of non-ortho nitro benzene ring substituents is 1. The van der Waals surface area contributed by atoms with E-state index in [2.05, 4.69) is 15.5 Å². The van der Waals surface area contributed by atoms with E-state index in [0.717, 1.165) is 0 Å². The molecular weight excluding hydrogens is 266 g/mol. The molecule has 0 atom stereocenters. The maximum absolute atomic E-state index is 11.5. The predicted octanol–water partition coefficient (Wildman–Crippen LogP) is 0.977. The molecule has 1 amide bonds. The highest BCUT2D eigenvalue weighted by atomic mass is 16.6. The zero-order valence-electron chi connectivity index (χ0n) is 10.5. The predicted molar refractivity (Wildman–Crippen MR) is 68.8 cm³/mol. The third kappa shape index (κ3) is 2.55. The smallest absolute Gasteiger partial charge is 0.292 e. The SMILES string of the molecule is CCNC(=O)c1noc(-c2cc([N+](=O)[O-])ccc2N)n1. The van der Waals surface area contributed by atoms with Crippen molar-refractivity contribution >= 4 is 17.3 Å². The van der Waals surface area contributed by atoms with Crippen LogP contribution in [0.5, 0.6) is 0 Å². The molecule has 1 heterocycles. The number of nitro groups is 1. The first-order chi connectivity index (χ1) is 9.52. The Balaban J connectivity index is 2.39. The van der Waals surface area contributed by atoms with Crippen LogP contribution in [0.2, 0.25) is 0 Å². The number of nitrogens with zero attached hydrogens (tertiary/aromatic N) is 3. The van der Waals surface area contributed by atoms with Gasteiger partial charge in [0.25, 0.3) is 23.3 Å². The molecule has 0 saturated heterocycles. The molecule has 2 aromatic rings. The normalized spacial score (nSPS) is 10.2. The summed E-state index contributed by atoms with van der Waals surface area (Å²) in [6.07, 6.45) is 0. The topological polar surface area (TPSA) is 137 Å². The molecule has 3 N–H and O–H groups in total. The molecule has 0 aliphatic rings. The van der Waals surface area contributed by atoms with Gasteiger partial charge in [-0.15, -0.1) is 0 Å². The molecule has 0 saturated carbocycles. The first-order valence-electron chi connectivity index (χ1n) is 5.69. The van der Waals surface area contributed by atoms with Gasteiger partial charge in [0.1, 0.15) is 0 Å². The van der Waals surface area contributed by atoms with Crippen LogP contribution in [0.4, 0.5) is 11.4 Å². The van der Waals surface area contributed by atoms with Crippen LogP contribution < -0.4 is 11.1 Å². The Morgan fingerprint density at radius 1 is 1.55 bits per heavy atom. The van der Waals surface area contributed by atoms with E-state index < -0.39 is 10.8 Å². The van der Waals surface area contributed by atoms with Crippen molar-refractivity contribution in [3.8, 4) is 11.5 Å². The van der Waals surface area contributed by atoms with Gasteiger partial charge >= 0.3 is 0 Å². The zero-order chi connectivity index (χ0) is 14.7. The second-order valence-corrected chi connectivity index (χ2v) is 3.81. The van der Waals surface area contributed by atoms with E-state index in [-0.39, 0.29) is 28.7 Å². The summed E-state index contributed by atoms with van der Waals surface area (Å²) in [6, 6.07) is 3.84. The summed E-state index contributed by atoms with van der Waals surface area (Å²) in [5, 5.41) is 16.7. The van der Waals surface area contributed by atoms with Gasteiger partial charge in [-0.1, -0.05) is 5.16 Å². The largest absolute Gasteiger partial charge is 0.398 e. The number of nitrogen functional groups attached to an aromatic ring is 1. The molecule has 1 aromatic carbocycles. The quantitative estimate of drug-likeness (QED) is 0.482. The van der Waals surface area contributed by atoms with E-state index in [9.17, 15) is 14.9 Å². The molecule has 0 fully saturated rings. The Kier molecular flexibility index (Phi) is 3.60. The highest BCUT2D eigenvalue weighted by molar-refractivity contribution is 5.90. The molecule has 0 aliphatic carbocycles. The minimum atomic E-state index is -0.565. The van der Waals surface area contributed by atoms with Crippen LogP contribution >= 0.6 is 0 Å². The monoisotopic (exact) mass is 277 g/mol. The van der Waals surface area contributed by atoms with Gasteiger partial charge in [0.05, 0.1) is 10.5 Å². The van der Waals surface area contributed by atoms with Crippen molar-refractivity contribution in [2.75, 3.05) is 12.3 Å². The van der Waals surface area contributed by atoms with Crippen LogP contribution in [0.25, 0.3) is 11.5 Å². The lowest BCUT2D eigenvalue weighted by Crippen LogP contribution is -2.23. The lowest BCUT2D eigenvalue weighted by molar-refractivity contribution is -0.384. The van der Waals surface area contributed by atoms with E-state index in [1.54, 1.807) is 6.92 Å². The average Bonchev–Trinajstić information content (AvgIpc) is 2.88. The van der Waals surface area contributed by atoms with Crippen LogP contribution in [0, 0.1) is 10.1 Å². The maximum Gasteiger partial charge on any atom is 0.292 e. The van der Waals surface area contributed by atoms with Gasteiger partial charge in [0.15, 0.2) is 0 Å². The minimum absolute atomic E-state index is 0.0487. The first-order valence-corrected chi connectivity index (χ1v) is 5.69. The molecule has 9 heteroatoms. The van der Waals surface area contributed by atoms with Crippen molar-refractivity contribution in [1.82, 2.24) is 15.5 Å². The number of carbonyl (C=O) groups is 1. The molecule has 1 aromatic heterocycles. The summed E-state index contributed by atoms with van der Waals surface area (Å²) in [6.45, 7) is 2.17. The van der Waals surface area contributed by atoms with Crippen molar-refractivity contribution in [3.05, 3.63) is 34.1 Å². The summed E-state index contributed by atoms with van der Waals surface area (Å²) in [5.74, 6) is -0.702. The standard InChI is InChI=1S/C11H11N5O4/c1-2-13-10(17)9-14-11(20-15-9)7-5-6(16(18)19)3-4-8(7)12/h3-5H,2,12H2,1H3,(H,13,17). The Labute approximate surface area is 112 Å². The molecule has 9 nitrogen and oxygen atoms in total. The Bertz CT molecular complexity index is 667. The van der Waals surface area contributed by atoms with E-state index in [0.29, 0.717) is 6.54 Å². The Morgan fingerprint density at radius 3 is 2.95 bits per heavy atom. The number of carbonyl (C=O) groups excluding carboxylic acids is 1. The third-order valence-electron chi connectivity index (χ3n) is 2.44. The lowest BCUT2D eigenvalue weighted by atomic mass is 10.1. The van der Waals surface area contributed by atoms with Crippen LogP contribution in [0.3, 0.4) is 0 Å². The van der Waals surface area contributed by atoms with E-state index >= 15 is 0 Å². The number of nitrogens with one attached hydrogen (secondary N) is 1. The van der Waals surface area contributed by atoms with Gasteiger partial charge in [0.2, 0.25) is 0 Å². The minimum Gasteiger partial charge on any atom is -0.398 e. The summed E-state index contributed by atoms with van der Waals surface area (Å²) >= 11 is 0. The molecule has 0 spiro atoms. The van der Waals surface area contributed by atoms with Gasteiger partial charge in [-0.3, -0.25) is 14.9 Å². The molecule has 0 radical (unpaired) electrons. The van der Waals surface area contributed by atoms with Gasteiger partial charge in [-0.2, -0.15) is 4.98 Å². The number of hydrogen-bond acceptors (Lipinski definition) is 7.